The molecule has 16 heavy (non-hydrogen) atoms. The standard InChI is InChI=1S/C11H10FNO3/c1-5-2-3-8(12)9-6(5)4-7(11(15)16)10(14)13-9/h2-3,7H,4H2,1H3,(H,13,14)(H,15,16). The minimum atomic E-state index is -1.19. The number of carbonyl (C=O) groups excluding carboxylic acids is 1. The van der Waals surface area contributed by atoms with Crippen molar-refractivity contribution in [2.45, 2.75) is 13.3 Å². The summed E-state index contributed by atoms with van der Waals surface area (Å²) in [5.41, 5.74) is 1.46. The predicted octanol–water partition coefficient (Wildman–Crippen LogP) is 1.33. The molecule has 1 aliphatic heterocycles. The van der Waals surface area contributed by atoms with Crippen LogP contribution in [0.5, 0.6) is 0 Å². The van der Waals surface area contributed by atoms with Crippen LogP contribution in [0.25, 0.3) is 0 Å². The second-order valence-electron chi connectivity index (χ2n) is 3.80. The average molecular weight is 223 g/mol. The number of fused-ring (bicyclic) bond motifs is 1. The van der Waals surface area contributed by atoms with Gasteiger partial charge in [0.1, 0.15) is 11.7 Å². The molecule has 0 radical (unpaired) electrons. The number of carboxylic acids is 1. The molecule has 0 fully saturated rings. The van der Waals surface area contributed by atoms with Gasteiger partial charge in [0.15, 0.2) is 0 Å². The minimum absolute atomic E-state index is 0.0418. The largest absolute Gasteiger partial charge is 0.481 e. The Morgan fingerprint density at radius 2 is 2.25 bits per heavy atom. The van der Waals surface area contributed by atoms with E-state index in [1.165, 1.54) is 6.07 Å². The average Bonchev–Trinajstić information content (AvgIpc) is 2.23. The Labute approximate surface area is 91.1 Å². The molecule has 1 heterocycles. The lowest BCUT2D eigenvalue weighted by Gasteiger charge is -2.23. The first-order valence-corrected chi connectivity index (χ1v) is 4.82. The predicted molar refractivity (Wildman–Crippen MR) is 54.6 cm³/mol. The second-order valence-corrected chi connectivity index (χ2v) is 3.80. The lowest BCUT2D eigenvalue weighted by molar-refractivity contribution is -0.145. The minimum Gasteiger partial charge on any atom is -0.481 e. The van der Waals surface area contributed by atoms with Gasteiger partial charge in [-0.25, -0.2) is 4.39 Å². The van der Waals surface area contributed by atoms with E-state index in [4.69, 9.17) is 5.11 Å². The van der Waals surface area contributed by atoms with Crippen molar-refractivity contribution in [3.63, 3.8) is 0 Å². The maximum atomic E-state index is 13.4. The van der Waals surface area contributed by atoms with E-state index in [1.807, 2.05) is 0 Å². The Balaban J connectivity index is 2.50. The molecule has 0 saturated carbocycles. The highest BCUT2D eigenvalue weighted by atomic mass is 19.1. The smallest absolute Gasteiger partial charge is 0.316 e. The van der Waals surface area contributed by atoms with Crippen molar-refractivity contribution in [2.75, 3.05) is 5.32 Å². The lowest BCUT2D eigenvalue weighted by atomic mass is 9.90. The molecule has 5 heteroatoms. The number of nitrogens with one attached hydrogen (secondary N) is 1. The van der Waals surface area contributed by atoms with Gasteiger partial charge in [-0.05, 0) is 30.5 Å². The van der Waals surface area contributed by atoms with Crippen LogP contribution in [0.4, 0.5) is 10.1 Å². The van der Waals surface area contributed by atoms with Crippen molar-refractivity contribution in [2.24, 2.45) is 5.92 Å². The van der Waals surface area contributed by atoms with E-state index in [0.29, 0.717) is 5.56 Å². The second kappa shape index (κ2) is 3.59. The number of anilines is 1. The summed E-state index contributed by atoms with van der Waals surface area (Å²) in [5.74, 6) is -3.51. The van der Waals surface area contributed by atoms with Crippen molar-refractivity contribution in [1.82, 2.24) is 0 Å². The van der Waals surface area contributed by atoms with Gasteiger partial charge in [-0.2, -0.15) is 0 Å². The van der Waals surface area contributed by atoms with Crippen LogP contribution >= 0.6 is 0 Å². The molecule has 84 valence electrons. The number of carboxylic acid groups (broad SMARTS) is 1. The lowest BCUT2D eigenvalue weighted by Crippen LogP contribution is -2.36. The van der Waals surface area contributed by atoms with Gasteiger partial charge in [0.05, 0.1) is 5.69 Å². The first-order chi connectivity index (χ1) is 7.50. The fourth-order valence-electron chi connectivity index (χ4n) is 1.83. The van der Waals surface area contributed by atoms with E-state index < -0.39 is 23.6 Å². The quantitative estimate of drug-likeness (QED) is 0.706. The number of amides is 1. The van der Waals surface area contributed by atoms with Gasteiger partial charge in [-0.1, -0.05) is 6.07 Å². The van der Waals surface area contributed by atoms with E-state index in [0.717, 1.165) is 5.56 Å². The first-order valence-electron chi connectivity index (χ1n) is 4.82. The normalized spacial score (nSPS) is 18.9. The summed E-state index contributed by atoms with van der Waals surface area (Å²) < 4.78 is 13.4. The third-order valence-corrected chi connectivity index (χ3v) is 2.77. The van der Waals surface area contributed by atoms with Crippen LogP contribution in [0.2, 0.25) is 0 Å². The van der Waals surface area contributed by atoms with Crippen molar-refractivity contribution in [3.05, 3.63) is 29.1 Å². The van der Waals surface area contributed by atoms with Crippen LogP contribution in [-0.2, 0) is 16.0 Å². The maximum Gasteiger partial charge on any atom is 0.316 e. The Bertz CT molecular complexity index is 484. The summed E-state index contributed by atoms with van der Waals surface area (Å²) in [6.07, 6.45) is 0.0418. The Morgan fingerprint density at radius 3 is 2.88 bits per heavy atom. The van der Waals surface area contributed by atoms with Gasteiger partial charge in [-0.15, -0.1) is 0 Å². The van der Waals surface area contributed by atoms with Crippen molar-refractivity contribution >= 4 is 17.6 Å². The van der Waals surface area contributed by atoms with Gasteiger partial charge in [-0.3, -0.25) is 9.59 Å². The Hall–Kier alpha value is -1.91. The number of hydrogen-bond acceptors (Lipinski definition) is 2. The third-order valence-electron chi connectivity index (χ3n) is 2.77. The highest BCUT2D eigenvalue weighted by molar-refractivity contribution is 6.06. The Kier molecular flexibility index (Phi) is 2.38. The molecule has 1 atom stereocenters. The van der Waals surface area contributed by atoms with Crippen LogP contribution < -0.4 is 5.32 Å². The summed E-state index contributed by atoms with van der Waals surface area (Å²) in [7, 11) is 0. The molecule has 1 aromatic carbocycles. The third kappa shape index (κ3) is 1.54. The van der Waals surface area contributed by atoms with Crippen molar-refractivity contribution in [3.8, 4) is 0 Å². The summed E-state index contributed by atoms with van der Waals surface area (Å²) in [4.78, 5) is 22.2. The topological polar surface area (TPSA) is 66.4 Å². The number of carbonyl (C=O) groups is 2. The summed E-state index contributed by atoms with van der Waals surface area (Å²) in [6, 6.07) is 2.83. The molecule has 0 aromatic heterocycles. The molecule has 0 spiro atoms. The van der Waals surface area contributed by atoms with Gasteiger partial charge in [0.2, 0.25) is 5.91 Å². The molecular formula is C11H10FNO3. The first kappa shape index (κ1) is 10.6. The highest BCUT2D eigenvalue weighted by Crippen LogP contribution is 2.30. The molecule has 4 nitrogen and oxygen atoms in total. The maximum absolute atomic E-state index is 13.4. The van der Waals surface area contributed by atoms with E-state index in [2.05, 4.69) is 5.32 Å². The van der Waals surface area contributed by atoms with Crippen LogP contribution in [0.3, 0.4) is 0 Å². The fourth-order valence-corrected chi connectivity index (χ4v) is 1.83. The molecular weight excluding hydrogens is 213 g/mol. The van der Waals surface area contributed by atoms with Gasteiger partial charge >= 0.3 is 5.97 Å². The number of hydrogen-bond donors (Lipinski definition) is 2. The zero-order valence-corrected chi connectivity index (χ0v) is 8.58. The van der Waals surface area contributed by atoms with Crippen molar-refractivity contribution in [1.29, 1.82) is 0 Å². The number of benzene rings is 1. The summed E-state index contributed by atoms with van der Waals surface area (Å²) in [5, 5.41) is 11.1. The fraction of sp³-hybridized carbons (Fsp3) is 0.273. The van der Waals surface area contributed by atoms with Gasteiger partial charge < -0.3 is 10.4 Å². The van der Waals surface area contributed by atoms with Gasteiger partial charge in [0.25, 0.3) is 0 Å². The molecule has 0 saturated heterocycles. The summed E-state index contributed by atoms with van der Waals surface area (Å²) in [6.45, 7) is 1.76. The monoisotopic (exact) mass is 223 g/mol. The number of rotatable bonds is 1. The highest BCUT2D eigenvalue weighted by Gasteiger charge is 2.33. The van der Waals surface area contributed by atoms with E-state index in [-0.39, 0.29) is 12.1 Å². The van der Waals surface area contributed by atoms with E-state index in [9.17, 15) is 14.0 Å². The molecule has 1 aliphatic rings. The zero-order valence-electron chi connectivity index (χ0n) is 8.58. The zero-order chi connectivity index (χ0) is 11.9. The number of aryl methyl sites for hydroxylation is 1. The van der Waals surface area contributed by atoms with Crippen LogP contribution in [0.1, 0.15) is 11.1 Å². The Morgan fingerprint density at radius 1 is 1.56 bits per heavy atom. The van der Waals surface area contributed by atoms with Crippen LogP contribution in [0, 0.1) is 18.7 Å². The molecule has 2 N–H and O–H groups in total. The van der Waals surface area contributed by atoms with Gasteiger partial charge in [0, 0.05) is 0 Å². The molecule has 0 aliphatic carbocycles. The SMILES string of the molecule is Cc1ccc(F)c2c1CC(C(=O)O)C(=O)N2. The summed E-state index contributed by atoms with van der Waals surface area (Å²) >= 11 is 0. The molecule has 2 rings (SSSR count). The molecule has 1 aromatic rings. The molecule has 1 unspecified atom stereocenters. The number of aliphatic carboxylic acids is 1. The molecule has 1 amide bonds. The van der Waals surface area contributed by atoms with E-state index >= 15 is 0 Å². The molecule has 0 bridgehead atoms. The number of halogens is 1. The van der Waals surface area contributed by atoms with E-state index in [1.54, 1.807) is 13.0 Å². The van der Waals surface area contributed by atoms with Crippen LogP contribution in [0.15, 0.2) is 12.1 Å². The van der Waals surface area contributed by atoms with Crippen LogP contribution in [-0.4, -0.2) is 17.0 Å². The van der Waals surface area contributed by atoms with Crippen molar-refractivity contribution < 1.29 is 19.1 Å².